The van der Waals surface area contributed by atoms with E-state index in [1.165, 1.54) is 11.8 Å². The van der Waals surface area contributed by atoms with Crippen LogP contribution in [0.25, 0.3) is 10.8 Å². The molecule has 1 heterocycles. The number of benzene rings is 4. The monoisotopic (exact) mass is 593 g/mol. The summed E-state index contributed by atoms with van der Waals surface area (Å²) in [7, 11) is 3.25. The Kier molecular flexibility index (Phi) is 8.91. The Morgan fingerprint density at radius 1 is 0.932 bits per heavy atom. The third-order valence-electron chi connectivity index (χ3n) is 7.77. The van der Waals surface area contributed by atoms with Gasteiger partial charge < -0.3 is 30.5 Å². The van der Waals surface area contributed by atoms with Crippen LogP contribution in [0.3, 0.4) is 0 Å². The standard InChI is InChI=1S/C34H35N5O5/c1-21(35-3)32(41)37-28-20-39(33(42)24-13-16-25(17-14-24)36-22(2)40)30-12-8-7-11-29(30)38(34(28)43)19-27-26-10-6-5-9-23(26)15-18-31(27)44-4/h5-18,21,28,35H,19-20H2,1-4H3,(H,36,40)(H,37,41)/t21-,28?/m0/s1. The number of fused-ring (bicyclic) bond motifs is 2. The molecule has 0 spiro atoms. The molecule has 3 N–H and O–H groups in total. The number of anilines is 3. The van der Waals surface area contributed by atoms with Gasteiger partial charge in [-0.2, -0.15) is 0 Å². The van der Waals surface area contributed by atoms with Gasteiger partial charge in [0.25, 0.3) is 11.8 Å². The highest BCUT2D eigenvalue weighted by Gasteiger charge is 2.38. The van der Waals surface area contributed by atoms with Crippen molar-refractivity contribution in [2.24, 2.45) is 0 Å². The lowest BCUT2D eigenvalue weighted by molar-refractivity contribution is -0.128. The van der Waals surface area contributed by atoms with Crippen molar-refractivity contribution in [1.29, 1.82) is 0 Å². The molecule has 2 atom stereocenters. The molecule has 10 heteroatoms. The smallest absolute Gasteiger partial charge is 0.258 e. The molecule has 0 aromatic heterocycles. The highest BCUT2D eigenvalue weighted by molar-refractivity contribution is 6.13. The summed E-state index contributed by atoms with van der Waals surface area (Å²) in [5, 5.41) is 10.4. The van der Waals surface area contributed by atoms with Crippen LogP contribution in [0, 0.1) is 0 Å². The van der Waals surface area contributed by atoms with Crippen LogP contribution < -0.4 is 30.5 Å². The van der Waals surface area contributed by atoms with Crippen molar-refractivity contribution in [3.63, 3.8) is 0 Å². The van der Waals surface area contributed by atoms with Crippen molar-refractivity contribution >= 4 is 51.5 Å². The van der Waals surface area contributed by atoms with E-state index >= 15 is 0 Å². The van der Waals surface area contributed by atoms with Crippen molar-refractivity contribution in [1.82, 2.24) is 10.6 Å². The second kappa shape index (κ2) is 13.0. The summed E-state index contributed by atoms with van der Waals surface area (Å²) < 4.78 is 5.73. The average Bonchev–Trinajstić information content (AvgIpc) is 3.14. The summed E-state index contributed by atoms with van der Waals surface area (Å²) in [6.07, 6.45) is 0. The fourth-order valence-electron chi connectivity index (χ4n) is 5.36. The third-order valence-corrected chi connectivity index (χ3v) is 7.77. The maximum Gasteiger partial charge on any atom is 0.258 e. The molecular weight excluding hydrogens is 558 g/mol. The second-order valence-corrected chi connectivity index (χ2v) is 10.6. The van der Waals surface area contributed by atoms with Crippen molar-refractivity contribution in [3.05, 3.63) is 96.1 Å². The molecular formula is C34H35N5O5. The molecule has 10 nitrogen and oxygen atoms in total. The number of para-hydroxylation sites is 2. The van der Waals surface area contributed by atoms with Crippen molar-refractivity contribution in [2.75, 3.05) is 35.8 Å². The topological polar surface area (TPSA) is 120 Å². The van der Waals surface area contributed by atoms with Gasteiger partial charge >= 0.3 is 0 Å². The Morgan fingerprint density at radius 2 is 1.61 bits per heavy atom. The molecule has 0 radical (unpaired) electrons. The number of rotatable bonds is 8. The van der Waals surface area contributed by atoms with E-state index in [0.717, 1.165) is 16.3 Å². The minimum absolute atomic E-state index is 0.0898. The van der Waals surface area contributed by atoms with Gasteiger partial charge in [-0.15, -0.1) is 0 Å². The minimum Gasteiger partial charge on any atom is -0.496 e. The fraction of sp³-hybridized carbons (Fsp3) is 0.235. The Bertz CT molecular complexity index is 1720. The van der Waals surface area contributed by atoms with Gasteiger partial charge in [-0.05, 0) is 67.2 Å². The minimum atomic E-state index is -1.05. The van der Waals surface area contributed by atoms with Gasteiger partial charge in [0.1, 0.15) is 11.8 Å². The maximum atomic E-state index is 14.4. The molecule has 0 aliphatic carbocycles. The van der Waals surface area contributed by atoms with Crippen molar-refractivity contribution < 1.29 is 23.9 Å². The largest absolute Gasteiger partial charge is 0.496 e. The number of hydrogen-bond acceptors (Lipinski definition) is 6. The lowest BCUT2D eigenvalue weighted by Gasteiger charge is -2.27. The number of nitrogens with one attached hydrogen (secondary N) is 3. The molecule has 4 aromatic carbocycles. The number of ether oxygens (including phenoxy) is 1. The van der Waals surface area contributed by atoms with Gasteiger partial charge in [-0.25, -0.2) is 0 Å². The Morgan fingerprint density at radius 3 is 2.30 bits per heavy atom. The lowest BCUT2D eigenvalue weighted by Crippen LogP contribution is -2.55. The van der Waals surface area contributed by atoms with Gasteiger partial charge in [0, 0.05) is 23.7 Å². The van der Waals surface area contributed by atoms with E-state index in [2.05, 4.69) is 16.0 Å². The first-order valence-electron chi connectivity index (χ1n) is 14.3. The van der Waals surface area contributed by atoms with Gasteiger partial charge in [0.05, 0.1) is 37.6 Å². The number of likely N-dealkylation sites (N-methyl/N-ethyl adjacent to an activating group) is 1. The number of hydrogen-bond donors (Lipinski definition) is 3. The molecule has 1 aliphatic heterocycles. The van der Waals surface area contributed by atoms with Crippen molar-refractivity contribution in [2.45, 2.75) is 32.5 Å². The summed E-state index contributed by atoms with van der Waals surface area (Å²) in [5.74, 6) is -0.687. The number of carbonyl (C=O) groups excluding carboxylic acids is 4. The first-order valence-corrected chi connectivity index (χ1v) is 14.3. The lowest BCUT2D eigenvalue weighted by atomic mass is 10.0. The Labute approximate surface area is 256 Å². The fourth-order valence-corrected chi connectivity index (χ4v) is 5.36. The zero-order chi connectivity index (χ0) is 31.4. The van der Waals surface area contributed by atoms with E-state index in [1.807, 2.05) is 48.5 Å². The molecule has 4 amide bonds. The molecule has 0 saturated carbocycles. The van der Waals surface area contributed by atoms with Crippen LogP contribution >= 0.6 is 0 Å². The number of carbonyl (C=O) groups is 4. The number of nitrogens with zero attached hydrogens (tertiary/aromatic N) is 2. The van der Waals surface area contributed by atoms with Crippen LogP contribution in [0.1, 0.15) is 29.8 Å². The molecule has 226 valence electrons. The third kappa shape index (κ3) is 6.11. The Balaban J connectivity index is 1.61. The summed E-state index contributed by atoms with van der Waals surface area (Å²) >= 11 is 0. The van der Waals surface area contributed by atoms with Gasteiger partial charge in [-0.3, -0.25) is 19.2 Å². The van der Waals surface area contributed by atoms with Crippen LogP contribution in [-0.4, -0.2) is 56.4 Å². The predicted molar refractivity (Wildman–Crippen MR) is 171 cm³/mol. The normalized spacial score (nSPS) is 15.3. The number of amides is 4. The van der Waals surface area contributed by atoms with Crippen LogP contribution in [0.5, 0.6) is 5.75 Å². The summed E-state index contributed by atoms with van der Waals surface area (Å²) in [4.78, 5) is 56.2. The van der Waals surface area contributed by atoms with Crippen LogP contribution in [-0.2, 0) is 20.9 Å². The van der Waals surface area contributed by atoms with E-state index in [9.17, 15) is 19.2 Å². The zero-order valence-corrected chi connectivity index (χ0v) is 25.1. The van der Waals surface area contributed by atoms with Crippen LogP contribution in [0.4, 0.5) is 17.1 Å². The van der Waals surface area contributed by atoms with E-state index < -0.39 is 12.1 Å². The maximum absolute atomic E-state index is 14.4. The van der Waals surface area contributed by atoms with Crippen LogP contribution in [0.2, 0.25) is 0 Å². The molecule has 0 fully saturated rings. The van der Waals surface area contributed by atoms with Crippen molar-refractivity contribution in [3.8, 4) is 5.75 Å². The van der Waals surface area contributed by atoms with E-state index in [-0.39, 0.29) is 36.7 Å². The average molecular weight is 594 g/mol. The molecule has 0 bridgehead atoms. The summed E-state index contributed by atoms with van der Waals surface area (Å²) in [6.45, 7) is 3.16. The first-order chi connectivity index (χ1) is 21.2. The second-order valence-electron chi connectivity index (χ2n) is 10.6. The molecule has 4 aromatic rings. The summed E-state index contributed by atoms with van der Waals surface area (Å²) in [5.41, 5.74) is 2.76. The summed E-state index contributed by atoms with van der Waals surface area (Å²) in [6, 6.07) is 23.8. The van der Waals surface area contributed by atoms with E-state index in [4.69, 9.17) is 4.74 Å². The van der Waals surface area contributed by atoms with E-state index in [0.29, 0.717) is 28.4 Å². The molecule has 44 heavy (non-hydrogen) atoms. The molecule has 1 unspecified atom stereocenters. The highest BCUT2D eigenvalue weighted by Crippen LogP contribution is 2.37. The molecule has 0 saturated heterocycles. The predicted octanol–water partition coefficient (Wildman–Crippen LogP) is 4.09. The first kappa shape index (κ1) is 30.2. The zero-order valence-electron chi connectivity index (χ0n) is 25.1. The Hall–Kier alpha value is -5.22. The van der Waals surface area contributed by atoms with Gasteiger partial charge in [0.15, 0.2) is 0 Å². The molecule has 1 aliphatic rings. The van der Waals surface area contributed by atoms with Gasteiger partial charge in [0.2, 0.25) is 11.8 Å². The SMILES string of the molecule is CN[C@@H](C)C(=O)NC1CN(C(=O)c2ccc(NC(C)=O)cc2)c2ccccc2N(Cc2c(OC)ccc3ccccc23)C1=O. The van der Waals surface area contributed by atoms with E-state index in [1.54, 1.807) is 62.4 Å². The van der Waals surface area contributed by atoms with Gasteiger partial charge in [-0.1, -0.05) is 42.5 Å². The molecule has 5 rings (SSSR count). The quantitative estimate of drug-likeness (QED) is 0.283. The van der Waals surface area contributed by atoms with Crippen LogP contribution in [0.15, 0.2) is 84.9 Å². The highest BCUT2D eigenvalue weighted by atomic mass is 16.5. The number of methoxy groups -OCH3 is 1.